The number of hydrogen-bond acceptors (Lipinski definition) is 6. The highest BCUT2D eigenvalue weighted by Crippen LogP contribution is 2.44. The lowest BCUT2D eigenvalue weighted by atomic mass is 9.86. The summed E-state index contributed by atoms with van der Waals surface area (Å²) in [5.74, 6) is 0.563. The standard InChI is InChI=1S/C36H24N4O2/c1-2-6-23(7-3-1)24-10-11-29-30(20-24)34(32-22-26(13-15-38-32)36-40-17-19-42-36)28-9-5-4-8-27(28)33(29)31-21-25(12-14-37-31)35-39-16-18-41-35/h1-22,36,40H. The fourth-order valence-corrected chi connectivity index (χ4v) is 5.81. The van der Waals surface area contributed by atoms with Crippen LogP contribution in [0.15, 0.2) is 139 Å². The second kappa shape index (κ2) is 10.0. The molecule has 0 spiro atoms. The van der Waals surface area contributed by atoms with Crippen LogP contribution in [0.1, 0.15) is 11.8 Å². The zero-order chi connectivity index (χ0) is 27.9. The Hall–Kier alpha value is -5.75. The average Bonchev–Trinajstić information content (AvgIpc) is 3.80. The number of benzene rings is 4. The van der Waals surface area contributed by atoms with Crippen LogP contribution in [-0.2, 0) is 4.74 Å². The quantitative estimate of drug-likeness (QED) is 0.219. The molecule has 1 N–H and O–H groups in total. The fraction of sp³-hybridized carbons (Fsp3) is 0.0278. The molecule has 1 aliphatic heterocycles. The van der Waals surface area contributed by atoms with Crippen LogP contribution in [-0.4, -0.2) is 15.0 Å². The minimum atomic E-state index is -0.245. The largest absolute Gasteiger partial charge is 0.473 e. The van der Waals surface area contributed by atoms with Gasteiger partial charge in [-0.1, -0.05) is 66.7 Å². The van der Waals surface area contributed by atoms with Crippen LogP contribution < -0.4 is 5.32 Å². The highest BCUT2D eigenvalue weighted by atomic mass is 16.5. The number of nitrogens with one attached hydrogen (secondary N) is 1. The van der Waals surface area contributed by atoms with Gasteiger partial charge in [0.2, 0.25) is 5.89 Å². The third kappa shape index (κ3) is 4.09. The fourth-order valence-electron chi connectivity index (χ4n) is 5.81. The first-order chi connectivity index (χ1) is 20.8. The van der Waals surface area contributed by atoms with Crippen LogP contribution in [0.25, 0.3) is 66.6 Å². The summed E-state index contributed by atoms with van der Waals surface area (Å²) in [7, 11) is 0. The molecule has 1 unspecified atom stereocenters. The van der Waals surface area contributed by atoms with E-state index in [1.54, 1.807) is 18.7 Å². The van der Waals surface area contributed by atoms with Gasteiger partial charge in [-0.3, -0.25) is 9.97 Å². The van der Waals surface area contributed by atoms with Crippen molar-refractivity contribution < 1.29 is 9.15 Å². The molecule has 6 nitrogen and oxygen atoms in total. The molecule has 0 saturated heterocycles. The Morgan fingerprint density at radius 1 is 0.571 bits per heavy atom. The van der Waals surface area contributed by atoms with E-state index in [1.165, 1.54) is 0 Å². The van der Waals surface area contributed by atoms with E-state index in [0.29, 0.717) is 5.89 Å². The van der Waals surface area contributed by atoms with Gasteiger partial charge in [-0.2, -0.15) is 0 Å². The first-order valence-corrected chi connectivity index (χ1v) is 13.8. The van der Waals surface area contributed by atoms with Crippen molar-refractivity contribution in [3.05, 3.63) is 140 Å². The van der Waals surface area contributed by atoms with Crippen LogP contribution in [0.2, 0.25) is 0 Å². The van der Waals surface area contributed by atoms with E-state index in [2.05, 4.69) is 83.1 Å². The number of ether oxygens (including phenoxy) is 1. The molecule has 0 aliphatic carbocycles. The molecule has 0 amide bonds. The first-order valence-electron chi connectivity index (χ1n) is 13.8. The highest BCUT2D eigenvalue weighted by Gasteiger charge is 2.21. The molecule has 1 atom stereocenters. The second-order valence-corrected chi connectivity index (χ2v) is 10.1. The van der Waals surface area contributed by atoms with Crippen molar-refractivity contribution in [2.45, 2.75) is 6.23 Å². The van der Waals surface area contributed by atoms with Crippen molar-refractivity contribution in [3.8, 4) is 45.1 Å². The number of rotatable bonds is 5. The molecule has 0 radical (unpaired) electrons. The maximum atomic E-state index is 5.76. The maximum absolute atomic E-state index is 5.76. The number of fused-ring (bicyclic) bond motifs is 2. The average molecular weight is 545 g/mol. The van der Waals surface area contributed by atoms with Gasteiger partial charge in [0.25, 0.3) is 0 Å². The molecule has 8 rings (SSSR count). The van der Waals surface area contributed by atoms with E-state index in [0.717, 1.165) is 66.3 Å². The molecule has 4 heterocycles. The topological polar surface area (TPSA) is 73.1 Å². The predicted molar refractivity (Wildman–Crippen MR) is 165 cm³/mol. The van der Waals surface area contributed by atoms with Crippen LogP contribution in [0.5, 0.6) is 0 Å². The van der Waals surface area contributed by atoms with Crippen molar-refractivity contribution in [1.29, 1.82) is 0 Å². The van der Waals surface area contributed by atoms with Crippen molar-refractivity contribution in [2.24, 2.45) is 0 Å². The number of nitrogens with zero attached hydrogens (tertiary/aromatic N) is 3. The molecule has 1 aliphatic rings. The van der Waals surface area contributed by atoms with Gasteiger partial charge in [0.1, 0.15) is 12.5 Å². The summed E-state index contributed by atoms with van der Waals surface area (Å²) < 4.78 is 11.4. The second-order valence-electron chi connectivity index (χ2n) is 10.1. The SMILES string of the molecule is C1=COC(c2ccnc(-c3c4ccccc4c(-c4cc(-c5ncco5)ccn4)c4ccc(-c5ccccc5)cc34)c2)N1. The number of aromatic nitrogens is 3. The zero-order valence-electron chi connectivity index (χ0n) is 22.4. The summed E-state index contributed by atoms with van der Waals surface area (Å²) in [5.41, 5.74) is 8.02. The molecule has 4 aromatic carbocycles. The smallest absolute Gasteiger partial charge is 0.225 e. The van der Waals surface area contributed by atoms with Crippen LogP contribution in [0.4, 0.5) is 0 Å². The van der Waals surface area contributed by atoms with Gasteiger partial charge in [0, 0.05) is 40.8 Å². The van der Waals surface area contributed by atoms with Crippen LogP contribution in [0.3, 0.4) is 0 Å². The predicted octanol–water partition coefficient (Wildman–Crippen LogP) is 8.53. The summed E-state index contributed by atoms with van der Waals surface area (Å²) >= 11 is 0. The van der Waals surface area contributed by atoms with E-state index in [-0.39, 0.29) is 6.23 Å². The van der Waals surface area contributed by atoms with E-state index >= 15 is 0 Å². The monoisotopic (exact) mass is 544 g/mol. The molecule has 0 saturated carbocycles. The van der Waals surface area contributed by atoms with E-state index in [1.807, 2.05) is 42.9 Å². The van der Waals surface area contributed by atoms with Gasteiger partial charge < -0.3 is 14.5 Å². The number of hydrogen-bond donors (Lipinski definition) is 1. The molecule has 0 bridgehead atoms. The Kier molecular flexibility index (Phi) is 5.74. The highest BCUT2D eigenvalue weighted by molar-refractivity contribution is 6.21. The summed E-state index contributed by atoms with van der Waals surface area (Å²) in [4.78, 5) is 14.1. The summed E-state index contributed by atoms with van der Waals surface area (Å²) in [6.45, 7) is 0. The van der Waals surface area contributed by atoms with E-state index in [4.69, 9.17) is 19.1 Å². The minimum absolute atomic E-state index is 0.245. The van der Waals surface area contributed by atoms with Crippen molar-refractivity contribution in [2.75, 3.05) is 0 Å². The molecular formula is C36H24N4O2. The molecule has 7 aromatic rings. The van der Waals surface area contributed by atoms with Gasteiger partial charge in [-0.25, -0.2) is 4.98 Å². The van der Waals surface area contributed by atoms with Crippen LogP contribution in [0, 0.1) is 0 Å². The summed E-state index contributed by atoms with van der Waals surface area (Å²) in [5, 5.41) is 7.62. The Labute approximate surface area is 242 Å². The Bertz CT molecular complexity index is 2100. The minimum Gasteiger partial charge on any atom is -0.473 e. The lowest BCUT2D eigenvalue weighted by Crippen LogP contribution is -2.11. The Morgan fingerprint density at radius 3 is 2.07 bits per heavy atom. The lowest BCUT2D eigenvalue weighted by Gasteiger charge is -2.19. The molecule has 6 heteroatoms. The molecule has 42 heavy (non-hydrogen) atoms. The molecule has 0 fully saturated rings. The summed E-state index contributed by atoms with van der Waals surface area (Å²) in [6.07, 6.45) is 10.2. The van der Waals surface area contributed by atoms with E-state index < -0.39 is 0 Å². The third-order valence-corrected chi connectivity index (χ3v) is 7.70. The van der Waals surface area contributed by atoms with E-state index in [9.17, 15) is 0 Å². The molecule has 3 aromatic heterocycles. The Morgan fingerprint density at radius 2 is 1.31 bits per heavy atom. The Balaban J connectivity index is 1.44. The lowest BCUT2D eigenvalue weighted by molar-refractivity contribution is 0.154. The number of pyridine rings is 2. The van der Waals surface area contributed by atoms with Gasteiger partial charge in [0.05, 0.1) is 17.6 Å². The maximum Gasteiger partial charge on any atom is 0.225 e. The zero-order valence-corrected chi connectivity index (χ0v) is 22.4. The van der Waals surface area contributed by atoms with Gasteiger partial charge in [0.15, 0.2) is 6.23 Å². The molecular weight excluding hydrogens is 520 g/mol. The van der Waals surface area contributed by atoms with Crippen molar-refractivity contribution >= 4 is 21.5 Å². The third-order valence-electron chi connectivity index (χ3n) is 7.70. The van der Waals surface area contributed by atoms with Crippen LogP contribution >= 0.6 is 0 Å². The summed E-state index contributed by atoms with van der Waals surface area (Å²) in [6, 6.07) is 33.7. The van der Waals surface area contributed by atoms with Crippen molar-refractivity contribution in [1.82, 2.24) is 20.3 Å². The van der Waals surface area contributed by atoms with Gasteiger partial charge in [-0.15, -0.1) is 0 Å². The van der Waals surface area contributed by atoms with Crippen molar-refractivity contribution in [3.63, 3.8) is 0 Å². The van der Waals surface area contributed by atoms with Gasteiger partial charge >= 0.3 is 0 Å². The van der Waals surface area contributed by atoms with Gasteiger partial charge in [-0.05, 0) is 63.0 Å². The first kappa shape index (κ1) is 24.1. The normalized spacial score (nSPS) is 14.2. The number of oxazole rings is 1. The molecule has 200 valence electrons.